The summed E-state index contributed by atoms with van der Waals surface area (Å²) in [6, 6.07) is 0.283. The molecule has 0 amide bonds. The van der Waals surface area contributed by atoms with E-state index in [0.29, 0.717) is 0 Å². The number of amidine groups is 1. The molecule has 4 heteroatoms. The van der Waals surface area contributed by atoms with Crippen molar-refractivity contribution in [2.24, 2.45) is 0 Å². The zero-order valence-corrected chi connectivity index (χ0v) is 10.1. The number of nitrogens with one attached hydrogen (secondary N) is 1. The predicted octanol–water partition coefficient (Wildman–Crippen LogP) is 2.84. The molecule has 1 fully saturated rings. The molecule has 1 aliphatic heterocycles. The minimum atomic E-state index is 0.283. The number of hydrogen-bond acceptors (Lipinski definition) is 3. The van der Waals surface area contributed by atoms with Crippen LogP contribution in [0.1, 0.15) is 42.6 Å². The van der Waals surface area contributed by atoms with Gasteiger partial charge in [-0.1, -0.05) is 6.92 Å². The number of likely N-dealkylation sites (tertiary alicyclic amines) is 1. The standard InChI is InChI=1S/C11H17N3S/c1-3-9-7-13-11(15-9)8(2)14-6-4-5-10(14)12/h7-8,12H,3-6H2,1-2H3. The molecule has 0 radical (unpaired) electrons. The molecule has 1 unspecified atom stereocenters. The van der Waals surface area contributed by atoms with Crippen LogP contribution >= 0.6 is 11.3 Å². The summed E-state index contributed by atoms with van der Waals surface area (Å²) in [6.45, 7) is 5.32. The van der Waals surface area contributed by atoms with Crippen molar-refractivity contribution in [2.75, 3.05) is 6.54 Å². The number of nitrogens with zero attached hydrogens (tertiary/aromatic N) is 2. The van der Waals surface area contributed by atoms with Gasteiger partial charge < -0.3 is 4.90 Å². The Labute approximate surface area is 94.7 Å². The van der Waals surface area contributed by atoms with E-state index in [1.54, 1.807) is 11.3 Å². The van der Waals surface area contributed by atoms with Gasteiger partial charge in [0.05, 0.1) is 11.9 Å². The second-order valence-corrected chi connectivity index (χ2v) is 5.08. The maximum absolute atomic E-state index is 7.84. The summed E-state index contributed by atoms with van der Waals surface area (Å²) in [6.07, 6.45) is 5.07. The minimum absolute atomic E-state index is 0.283. The van der Waals surface area contributed by atoms with Crippen LogP contribution in [0.5, 0.6) is 0 Å². The van der Waals surface area contributed by atoms with Crippen LogP contribution in [0.15, 0.2) is 6.20 Å². The fourth-order valence-corrected chi connectivity index (χ4v) is 2.86. The highest BCUT2D eigenvalue weighted by Gasteiger charge is 2.24. The smallest absolute Gasteiger partial charge is 0.115 e. The Bertz CT molecular complexity index is 358. The molecular weight excluding hydrogens is 206 g/mol. The molecule has 3 nitrogen and oxygen atoms in total. The minimum Gasteiger partial charge on any atom is -0.351 e. The molecule has 82 valence electrons. The van der Waals surface area contributed by atoms with Gasteiger partial charge in [-0.15, -0.1) is 11.3 Å². The third kappa shape index (κ3) is 2.04. The topological polar surface area (TPSA) is 40.0 Å². The molecule has 2 heterocycles. The maximum Gasteiger partial charge on any atom is 0.115 e. The van der Waals surface area contributed by atoms with Crippen molar-refractivity contribution in [1.29, 1.82) is 5.41 Å². The molecule has 0 aliphatic carbocycles. The molecule has 0 spiro atoms. The van der Waals surface area contributed by atoms with E-state index in [2.05, 4.69) is 23.7 Å². The number of hydrogen-bond donors (Lipinski definition) is 1. The molecule has 1 aromatic rings. The van der Waals surface area contributed by atoms with E-state index in [-0.39, 0.29) is 6.04 Å². The fourth-order valence-electron chi connectivity index (χ4n) is 1.94. The van der Waals surface area contributed by atoms with Crippen molar-refractivity contribution in [3.8, 4) is 0 Å². The first kappa shape index (κ1) is 10.6. The lowest BCUT2D eigenvalue weighted by atomic mass is 10.3. The highest BCUT2D eigenvalue weighted by Crippen LogP contribution is 2.28. The summed E-state index contributed by atoms with van der Waals surface area (Å²) in [5, 5.41) is 8.99. The van der Waals surface area contributed by atoms with Crippen LogP contribution in [-0.2, 0) is 6.42 Å². The molecule has 0 bridgehead atoms. The molecule has 0 saturated carbocycles. The summed E-state index contributed by atoms with van der Waals surface area (Å²) in [5.74, 6) is 0.774. The summed E-state index contributed by atoms with van der Waals surface area (Å²) >= 11 is 1.78. The first-order chi connectivity index (χ1) is 7.22. The maximum atomic E-state index is 7.84. The second-order valence-electron chi connectivity index (χ2n) is 3.94. The molecule has 1 atom stereocenters. The third-order valence-electron chi connectivity index (χ3n) is 2.90. The van der Waals surface area contributed by atoms with Gasteiger partial charge in [0, 0.05) is 24.0 Å². The van der Waals surface area contributed by atoms with E-state index < -0.39 is 0 Å². The average Bonchev–Trinajstić information content (AvgIpc) is 2.84. The van der Waals surface area contributed by atoms with Crippen molar-refractivity contribution < 1.29 is 0 Å². The van der Waals surface area contributed by atoms with Gasteiger partial charge in [-0.25, -0.2) is 4.98 Å². The summed E-state index contributed by atoms with van der Waals surface area (Å²) in [5.41, 5.74) is 0. The van der Waals surface area contributed by atoms with Crippen LogP contribution in [0, 0.1) is 5.41 Å². The molecule has 1 saturated heterocycles. The highest BCUT2D eigenvalue weighted by atomic mass is 32.1. The summed E-state index contributed by atoms with van der Waals surface area (Å²) in [7, 11) is 0. The van der Waals surface area contributed by atoms with Crippen LogP contribution in [0.2, 0.25) is 0 Å². The Kier molecular flexibility index (Phi) is 3.05. The molecule has 1 N–H and O–H groups in total. The van der Waals surface area contributed by atoms with E-state index in [9.17, 15) is 0 Å². The van der Waals surface area contributed by atoms with Gasteiger partial charge in [0.1, 0.15) is 5.01 Å². The normalized spacial score (nSPS) is 18.5. The zero-order valence-electron chi connectivity index (χ0n) is 9.29. The second kappa shape index (κ2) is 4.31. The van der Waals surface area contributed by atoms with Crippen molar-refractivity contribution in [1.82, 2.24) is 9.88 Å². The Hall–Kier alpha value is -0.900. The molecule has 15 heavy (non-hydrogen) atoms. The molecule has 2 rings (SSSR count). The SMILES string of the molecule is CCc1cnc(C(C)N2CCCC2=N)s1. The van der Waals surface area contributed by atoms with Crippen LogP contribution in [0.25, 0.3) is 0 Å². The highest BCUT2D eigenvalue weighted by molar-refractivity contribution is 7.11. The lowest BCUT2D eigenvalue weighted by molar-refractivity contribution is 0.361. The van der Waals surface area contributed by atoms with Crippen LogP contribution in [0.4, 0.5) is 0 Å². The van der Waals surface area contributed by atoms with Crippen molar-refractivity contribution in [2.45, 2.75) is 39.2 Å². The van der Waals surface area contributed by atoms with Crippen molar-refractivity contribution in [3.63, 3.8) is 0 Å². The van der Waals surface area contributed by atoms with Crippen LogP contribution in [0.3, 0.4) is 0 Å². The Morgan fingerprint density at radius 1 is 1.67 bits per heavy atom. The average molecular weight is 223 g/mol. The lowest BCUT2D eigenvalue weighted by Crippen LogP contribution is -2.27. The number of thiazole rings is 1. The number of rotatable bonds is 3. The monoisotopic (exact) mass is 223 g/mol. The van der Waals surface area contributed by atoms with E-state index in [1.165, 1.54) is 4.88 Å². The molecule has 1 aromatic heterocycles. The Morgan fingerprint density at radius 2 is 2.47 bits per heavy atom. The first-order valence-corrected chi connectivity index (χ1v) is 6.32. The zero-order chi connectivity index (χ0) is 10.8. The predicted molar refractivity (Wildman–Crippen MR) is 63.6 cm³/mol. The first-order valence-electron chi connectivity index (χ1n) is 5.51. The lowest BCUT2D eigenvalue weighted by Gasteiger charge is -2.24. The molecule has 0 aromatic carbocycles. The van der Waals surface area contributed by atoms with Crippen LogP contribution < -0.4 is 0 Å². The van der Waals surface area contributed by atoms with Crippen LogP contribution in [-0.4, -0.2) is 22.3 Å². The van der Waals surface area contributed by atoms with Gasteiger partial charge in [0.15, 0.2) is 0 Å². The largest absolute Gasteiger partial charge is 0.351 e. The van der Waals surface area contributed by atoms with E-state index >= 15 is 0 Å². The summed E-state index contributed by atoms with van der Waals surface area (Å²) < 4.78 is 0. The van der Waals surface area contributed by atoms with Gasteiger partial charge >= 0.3 is 0 Å². The fraction of sp³-hybridized carbons (Fsp3) is 0.636. The quantitative estimate of drug-likeness (QED) is 0.856. The van der Waals surface area contributed by atoms with E-state index in [0.717, 1.165) is 36.7 Å². The summed E-state index contributed by atoms with van der Waals surface area (Å²) in [4.78, 5) is 7.95. The number of aromatic nitrogens is 1. The van der Waals surface area contributed by atoms with E-state index in [4.69, 9.17) is 5.41 Å². The Morgan fingerprint density at radius 3 is 3.00 bits per heavy atom. The van der Waals surface area contributed by atoms with E-state index in [1.807, 2.05) is 6.20 Å². The molecule has 1 aliphatic rings. The number of aryl methyl sites for hydroxylation is 1. The third-order valence-corrected chi connectivity index (χ3v) is 4.22. The van der Waals surface area contributed by atoms with Gasteiger partial charge in [-0.2, -0.15) is 0 Å². The Balaban J connectivity index is 2.12. The van der Waals surface area contributed by atoms with Gasteiger partial charge in [-0.05, 0) is 19.8 Å². The van der Waals surface area contributed by atoms with Crippen molar-refractivity contribution in [3.05, 3.63) is 16.1 Å². The van der Waals surface area contributed by atoms with Gasteiger partial charge in [-0.3, -0.25) is 5.41 Å². The van der Waals surface area contributed by atoms with Crippen molar-refractivity contribution >= 4 is 17.2 Å². The van der Waals surface area contributed by atoms with Gasteiger partial charge in [0.2, 0.25) is 0 Å². The molecular formula is C11H17N3S. The van der Waals surface area contributed by atoms with Gasteiger partial charge in [0.25, 0.3) is 0 Å².